The Hall–Kier alpha value is -2.37. The van der Waals surface area contributed by atoms with E-state index in [9.17, 15) is 19.5 Å². The second-order valence-electron chi connectivity index (χ2n) is 3.32. The van der Waals surface area contributed by atoms with E-state index in [-0.39, 0.29) is 16.9 Å². The Balaban J connectivity index is 2.44. The molecule has 6 nitrogen and oxygen atoms in total. The molecule has 0 aliphatic carbocycles. The minimum Gasteiger partial charge on any atom is -0.508 e. The van der Waals surface area contributed by atoms with Crippen molar-refractivity contribution in [1.82, 2.24) is 4.90 Å². The molecule has 1 heterocycles. The topological polar surface area (TPSA) is 94.9 Å². The van der Waals surface area contributed by atoms with Crippen molar-refractivity contribution in [1.29, 1.82) is 0 Å². The first-order chi connectivity index (χ1) is 7.50. The van der Waals surface area contributed by atoms with E-state index in [4.69, 9.17) is 5.11 Å². The molecule has 16 heavy (non-hydrogen) atoms. The molecule has 2 amide bonds. The van der Waals surface area contributed by atoms with Crippen LogP contribution in [0.15, 0.2) is 18.2 Å². The van der Waals surface area contributed by atoms with Gasteiger partial charge in [0.05, 0.1) is 11.1 Å². The molecule has 0 bridgehead atoms. The lowest BCUT2D eigenvalue weighted by atomic mass is 10.1. The highest BCUT2D eigenvalue weighted by Gasteiger charge is 2.36. The molecule has 0 saturated carbocycles. The third-order valence-corrected chi connectivity index (χ3v) is 2.25. The van der Waals surface area contributed by atoms with Gasteiger partial charge in [-0.3, -0.25) is 19.3 Å². The first-order valence-electron chi connectivity index (χ1n) is 4.41. The first-order valence-corrected chi connectivity index (χ1v) is 4.41. The standard InChI is InChI=1S/C10H7NO5/c12-5-1-2-6-7(3-5)10(16)11(9(6)15)4-8(13)14/h1-3,12H,4H2,(H,13,14). The molecule has 0 saturated heterocycles. The van der Waals surface area contributed by atoms with Gasteiger partial charge in [0, 0.05) is 0 Å². The van der Waals surface area contributed by atoms with Gasteiger partial charge in [0.25, 0.3) is 11.8 Å². The van der Waals surface area contributed by atoms with Crippen LogP contribution < -0.4 is 0 Å². The maximum atomic E-state index is 11.6. The van der Waals surface area contributed by atoms with E-state index in [2.05, 4.69) is 0 Å². The summed E-state index contributed by atoms with van der Waals surface area (Å²) in [4.78, 5) is 34.3. The van der Waals surface area contributed by atoms with Gasteiger partial charge in [-0.2, -0.15) is 0 Å². The molecule has 1 aromatic rings. The van der Waals surface area contributed by atoms with Gasteiger partial charge < -0.3 is 10.2 Å². The van der Waals surface area contributed by atoms with Crippen LogP contribution in [0.4, 0.5) is 0 Å². The van der Waals surface area contributed by atoms with E-state index >= 15 is 0 Å². The van der Waals surface area contributed by atoms with Crippen molar-refractivity contribution >= 4 is 17.8 Å². The van der Waals surface area contributed by atoms with Crippen LogP contribution in [0.25, 0.3) is 0 Å². The molecule has 0 aromatic heterocycles. The largest absolute Gasteiger partial charge is 0.508 e. The average molecular weight is 221 g/mol. The summed E-state index contributed by atoms with van der Waals surface area (Å²) in [5, 5.41) is 17.7. The number of hydrogen-bond donors (Lipinski definition) is 2. The maximum absolute atomic E-state index is 11.6. The van der Waals surface area contributed by atoms with E-state index in [1.54, 1.807) is 0 Å². The first kappa shape index (κ1) is 10.2. The number of carbonyl (C=O) groups is 3. The third-order valence-electron chi connectivity index (χ3n) is 2.25. The number of nitrogens with zero attached hydrogens (tertiary/aromatic N) is 1. The fourth-order valence-electron chi connectivity index (χ4n) is 1.56. The summed E-state index contributed by atoms with van der Waals surface area (Å²) in [6.07, 6.45) is 0. The van der Waals surface area contributed by atoms with Gasteiger partial charge in [-0.25, -0.2) is 0 Å². The van der Waals surface area contributed by atoms with Crippen molar-refractivity contribution < 1.29 is 24.6 Å². The molecule has 2 N–H and O–H groups in total. The summed E-state index contributed by atoms with van der Waals surface area (Å²) < 4.78 is 0. The minimum absolute atomic E-state index is 0.0336. The Labute approximate surface area is 89.7 Å². The van der Waals surface area contributed by atoms with Gasteiger partial charge in [-0.1, -0.05) is 0 Å². The van der Waals surface area contributed by atoms with Gasteiger partial charge in [-0.15, -0.1) is 0 Å². The summed E-state index contributed by atoms with van der Waals surface area (Å²) in [5.41, 5.74) is 0.148. The number of benzene rings is 1. The van der Waals surface area contributed by atoms with Crippen LogP contribution in [0.3, 0.4) is 0 Å². The molecule has 0 fully saturated rings. The van der Waals surface area contributed by atoms with Crippen molar-refractivity contribution in [3.8, 4) is 5.75 Å². The minimum atomic E-state index is -1.27. The summed E-state index contributed by atoms with van der Waals surface area (Å²) >= 11 is 0. The quantitative estimate of drug-likeness (QED) is 0.689. The zero-order valence-corrected chi connectivity index (χ0v) is 8.01. The Morgan fingerprint density at radius 3 is 2.44 bits per heavy atom. The predicted molar refractivity (Wildman–Crippen MR) is 51.1 cm³/mol. The van der Waals surface area contributed by atoms with Gasteiger partial charge in [0.15, 0.2) is 0 Å². The highest BCUT2D eigenvalue weighted by Crippen LogP contribution is 2.25. The zero-order valence-electron chi connectivity index (χ0n) is 8.01. The molecular formula is C10H7NO5. The maximum Gasteiger partial charge on any atom is 0.323 e. The van der Waals surface area contributed by atoms with Crippen LogP contribution in [-0.4, -0.2) is 39.4 Å². The Morgan fingerprint density at radius 2 is 1.81 bits per heavy atom. The highest BCUT2D eigenvalue weighted by molar-refractivity contribution is 6.22. The molecular weight excluding hydrogens is 214 g/mol. The number of carboxylic acids is 1. The van der Waals surface area contributed by atoms with E-state index in [1.165, 1.54) is 12.1 Å². The van der Waals surface area contributed by atoms with Crippen molar-refractivity contribution in [3.63, 3.8) is 0 Å². The molecule has 1 aliphatic rings. The molecule has 2 rings (SSSR count). The summed E-state index contributed by atoms with van der Waals surface area (Å²) in [6, 6.07) is 3.72. The monoisotopic (exact) mass is 221 g/mol. The summed E-state index contributed by atoms with van der Waals surface area (Å²) in [6.45, 7) is -0.674. The lowest BCUT2D eigenvalue weighted by Gasteiger charge is -2.09. The van der Waals surface area contributed by atoms with E-state index in [1.807, 2.05) is 0 Å². The molecule has 6 heteroatoms. The SMILES string of the molecule is O=C(O)CN1C(=O)c2ccc(O)cc2C1=O. The third kappa shape index (κ3) is 1.40. The van der Waals surface area contributed by atoms with Gasteiger partial charge in [0.2, 0.25) is 0 Å². The smallest absolute Gasteiger partial charge is 0.323 e. The average Bonchev–Trinajstić information content (AvgIpc) is 2.43. The second-order valence-corrected chi connectivity index (χ2v) is 3.32. The lowest BCUT2D eigenvalue weighted by Crippen LogP contribution is -2.34. The summed E-state index contributed by atoms with van der Waals surface area (Å²) in [7, 11) is 0. The van der Waals surface area contributed by atoms with E-state index < -0.39 is 24.3 Å². The van der Waals surface area contributed by atoms with Crippen LogP contribution in [0.1, 0.15) is 20.7 Å². The second kappa shape index (κ2) is 3.34. The van der Waals surface area contributed by atoms with E-state index in [0.29, 0.717) is 4.90 Å². The van der Waals surface area contributed by atoms with Gasteiger partial charge >= 0.3 is 5.97 Å². The number of carbonyl (C=O) groups excluding carboxylic acids is 2. The Bertz CT molecular complexity index is 508. The fraction of sp³-hybridized carbons (Fsp3) is 0.100. The van der Waals surface area contributed by atoms with Gasteiger partial charge in [0.1, 0.15) is 12.3 Å². The molecule has 1 aromatic carbocycles. The zero-order chi connectivity index (χ0) is 11.9. The Morgan fingerprint density at radius 1 is 1.19 bits per heavy atom. The van der Waals surface area contributed by atoms with Crippen molar-refractivity contribution in [2.24, 2.45) is 0 Å². The number of amides is 2. The number of aliphatic carboxylic acids is 1. The van der Waals surface area contributed by atoms with Crippen LogP contribution in [0, 0.1) is 0 Å². The summed E-state index contributed by atoms with van der Waals surface area (Å²) in [5.74, 6) is -2.75. The van der Waals surface area contributed by atoms with Crippen molar-refractivity contribution in [2.75, 3.05) is 6.54 Å². The molecule has 0 spiro atoms. The number of rotatable bonds is 2. The van der Waals surface area contributed by atoms with E-state index in [0.717, 1.165) is 6.07 Å². The lowest BCUT2D eigenvalue weighted by molar-refractivity contribution is -0.137. The number of hydrogen-bond acceptors (Lipinski definition) is 4. The van der Waals surface area contributed by atoms with Crippen molar-refractivity contribution in [3.05, 3.63) is 29.3 Å². The predicted octanol–water partition coefficient (Wildman–Crippen LogP) is 0.0728. The van der Waals surface area contributed by atoms with Crippen LogP contribution in [0.2, 0.25) is 0 Å². The molecule has 0 atom stereocenters. The van der Waals surface area contributed by atoms with Crippen molar-refractivity contribution in [2.45, 2.75) is 0 Å². The Kier molecular flexibility index (Phi) is 2.12. The van der Waals surface area contributed by atoms with Gasteiger partial charge in [-0.05, 0) is 18.2 Å². The molecule has 82 valence electrons. The normalized spacial score (nSPS) is 14.1. The van der Waals surface area contributed by atoms with Crippen LogP contribution in [-0.2, 0) is 4.79 Å². The number of aromatic hydroxyl groups is 1. The molecule has 0 radical (unpaired) electrons. The highest BCUT2D eigenvalue weighted by atomic mass is 16.4. The number of fused-ring (bicyclic) bond motifs is 1. The van der Waals surface area contributed by atoms with Crippen LogP contribution in [0.5, 0.6) is 5.75 Å². The number of imide groups is 1. The van der Waals surface area contributed by atoms with Crippen LogP contribution >= 0.6 is 0 Å². The number of phenols is 1. The number of phenolic OH excluding ortho intramolecular Hbond substituents is 1. The number of carboxylic acid groups (broad SMARTS) is 1. The molecule has 0 unspecified atom stereocenters. The fourth-order valence-corrected chi connectivity index (χ4v) is 1.56. The molecule has 1 aliphatic heterocycles.